The Balaban J connectivity index is 1.46. The predicted octanol–water partition coefficient (Wildman–Crippen LogP) is -0.140. The quantitative estimate of drug-likeness (QED) is 0.344. The number of aliphatic hydroxyl groups excluding tert-OH is 2. The first-order valence-electron chi connectivity index (χ1n) is 9.57. The molecule has 2 aromatic rings. The van der Waals surface area contributed by atoms with Crippen molar-refractivity contribution in [2.45, 2.75) is 44.3 Å². The van der Waals surface area contributed by atoms with Gasteiger partial charge in [0.2, 0.25) is 0 Å². The molecule has 0 spiro atoms. The van der Waals surface area contributed by atoms with Gasteiger partial charge in [-0.2, -0.15) is 11.8 Å². The largest absolute Gasteiger partial charge is 0.387 e. The van der Waals surface area contributed by atoms with E-state index in [0.717, 1.165) is 18.6 Å². The monoisotopic (exact) mass is 425 g/mol. The molecule has 0 bridgehead atoms. The van der Waals surface area contributed by atoms with E-state index in [-0.39, 0.29) is 11.8 Å². The Morgan fingerprint density at radius 3 is 2.86 bits per heavy atom. The lowest BCUT2D eigenvalue weighted by molar-refractivity contribution is -0.0289. The smallest absolute Gasteiger partial charge is 0.314 e. The summed E-state index contributed by atoms with van der Waals surface area (Å²) in [5.41, 5.74) is 6.65. The lowest BCUT2D eigenvalue weighted by Crippen LogP contribution is -2.36. The molecule has 4 atom stereocenters. The number of carbonyl (C=O) groups excluding carboxylic acids is 1. The molecule has 0 aromatic carbocycles. The zero-order valence-corrected chi connectivity index (χ0v) is 17.0. The number of nitrogen functional groups attached to an aromatic ring is 1. The molecule has 11 nitrogen and oxygen atoms in total. The number of ether oxygens (including phenoxy) is 1. The summed E-state index contributed by atoms with van der Waals surface area (Å²) in [7, 11) is 0. The van der Waals surface area contributed by atoms with Crippen LogP contribution < -0.4 is 16.4 Å². The molecule has 3 heterocycles. The summed E-state index contributed by atoms with van der Waals surface area (Å²) in [6.07, 6.45) is 1.01. The zero-order valence-electron chi connectivity index (χ0n) is 16.2. The molecule has 2 amide bonds. The highest BCUT2D eigenvalue weighted by molar-refractivity contribution is 7.99. The standard InChI is InChI=1S/C17H27N7O4S/c1-2-4-19-17(27)20-5-3-6-29-7-10-12(25)13(26)16(28-10)24-9-23-11-14(18)21-8-22-15(11)24/h8-10,12-13,16,25-26H,2-7H2,1H3,(H2,18,21,22)(H2,19,20,27)/t10-,12-,13-,16-/m1/s1. The molecule has 160 valence electrons. The van der Waals surface area contributed by atoms with E-state index in [0.29, 0.717) is 30.0 Å². The maximum Gasteiger partial charge on any atom is 0.314 e. The number of aromatic nitrogens is 4. The highest BCUT2D eigenvalue weighted by Gasteiger charge is 2.44. The fraction of sp³-hybridized carbons (Fsp3) is 0.647. The minimum atomic E-state index is -1.11. The van der Waals surface area contributed by atoms with Crippen molar-refractivity contribution in [1.29, 1.82) is 0 Å². The summed E-state index contributed by atoms with van der Waals surface area (Å²) in [6.45, 7) is 3.23. The number of fused-ring (bicyclic) bond motifs is 1. The Hall–Kier alpha value is -2.15. The van der Waals surface area contributed by atoms with Gasteiger partial charge in [-0.05, 0) is 18.6 Å². The Bertz CT molecular complexity index is 820. The second-order valence-electron chi connectivity index (χ2n) is 6.74. The molecule has 1 aliphatic heterocycles. The maximum atomic E-state index is 11.5. The van der Waals surface area contributed by atoms with E-state index in [4.69, 9.17) is 10.5 Å². The van der Waals surface area contributed by atoms with Gasteiger partial charge in [0.1, 0.15) is 24.1 Å². The average molecular weight is 426 g/mol. The van der Waals surface area contributed by atoms with E-state index in [9.17, 15) is 15.0 Å². The zero-order chi connectivity index (χ0) is 20.8. The number of nitrogens with one attached hydrogen (secondary N) is 2. The van der Waals surface area contributed by atoms with E-state index in [1.807, 2.05) is 6.92 Å². The lowest BCUT2D eigenvalue weighted by Gasteiger charge is -2.16. The number of carbonyl (C=O) groups is 1. The van der Waals surface area contributed by atoms with Crippen LogP contribution in [-0.4, -0.2) is 78.7 Å². The van der Waals surface area contributed by atoms with Gasteiger partial charge in [-0.15, -0.1) is 0 Å². The Morgan fingerprint density at radius 1 is 1.28 bits per heavy atom. The van der Waals surface area contributed by atoms with Crippen molar-refractivity contribution in [3.63, 3.8) is 0 Å². The minimum absolute atomic E-state index is 0.158. The van der Waals surface area contributed by atoms with E-state index in [2.05, 4.69) is 25.6 Å². The average Bonchev–Trinajstić information content (AvgIpc) is 3.26. The van der Waals surface area contributed by atoms with E-state index < -0.39 is 24.5 Å². The Kier molecular flexibility index (Phi) is 7.47. The first kappa shape index (κ1) is 21.6. The highest BCUT2D eigenvalue weighted by Crippen LogP contribution is 2.33. The summed E-state index contributed by atoms with van der Waals surface area (Å²) < 4.78 is 7.45. The first-order valence-corrected chi connectivity index (χ1v) is 10.7. The van der Waals surface area contributed by atoms with Crippen molar-refractivity contribution in [3.8, 4) is 0 Å². The van der Waals surface area contributed by atoms with Crippen LogP contribution in [-0.2, 0) is 4.74 Å². The molecule has 2 aromatic heterocycles. The van der Waals surface area contributed by atoms with Crippen molar-refractivity contribution in [2.24, 2.45) is 0 Å². The van der Waals surface area contributed by atoms with Gasteiger partial charge >= 0.3 is 6.03 Å². The number of anilines is 1. The number of nitrogens with zero attached hydrogens (tertiary/aromatic N) is 4. The normalized spacial score (nSPS) is 24.1. The number of aliphatic hydroxyl groups is 2. The predicted molar refractivity (Wildman–Crippen MR) is 109 cm³/mol. The van der Waals surface area contributed by atoms with Crippen LogP contribution >= 0.6 is 11.8 Å². The van der Waals surface area contributed by atoms with E-state index in [1.165, 1.54) is 12.7 Å². The van der Waals surface area contributed by atoms with Gasteiger partial charge in [0.25, 0.3) is 0 Å². The van der Waals surface area contributed by atoms with Gasteiger partial charge in [-0.3, -0.25) is 4.57 Å². The fourth-order valence-corrected chi connectivity index (χ4v) is 4.05. The number of hydrogen-bond donors (Lipinski definition) is 5. The van der Waals surface area contributed by atoms with Gasteiger partial charge in [-0.25, -0.2) is 19.7 Å². The van der Waals surface area contributed by atoms with Crippen molar-refractivity contribution in [1.82, 2.24) is 30.2 Å². The van der Waals surface area contributed by atoms with Crippen LogP contribution in [0, 0.1) is 0 Å². The maximum absolute atomic E-state index is 11.5. The summed E-state index contributed by atoms with van der Waals surface area (Å²) in [6, 6.07) is -0.158. The van der Waals surface area contributed by atoms with Crippen LogP contribution in [0.25, 0.3) is 11.2 Å². The van der Waals surface area contributed by atoms with Gasteiger partial charge in [0.05, 0.1) is 12.4 Å². The molecule has 1 fully saturated rings. The third-order valence-electron chi connectivity index (χ3n) is 4.57. The number of hydrogen-bond acceptors (Lipinski definition) is 9. The molecule has 29 heavy (non-hydrogen) atoms. The number of thioether (sulfide) groups is 1. The van der Waals surface area contributed by atoms with Crippen molar-refractivity contribution >= 4 is 34.8 Å². The van der Waals surface area contributed by atoms with Crippen LogP contribution in [0.2, 0.25) is 0 Å². The molecule has 12 heteroatoms. The molecule has 0 aliphatic carbocycles. The number of imidazole rings is 1. The van der Waals surface area contributed by atoms with E-state index >= 15 is 0 Å². The Labute approximate surface area is 172 Å². The van der Waals surface area contributed by atoms with Gasteiger partial charge in [-0.1, -0.05) is 6.92 Å². The molecule has 0 unspecified atom stereocenters. The first-order chi connectivity index (χ1) is 14.0. The fourth-order valence-electron chi connectivity index (χ4n) is 3.03. The van der Waals surface area contributed by atoms with E-state index in [1.54, 1.807) is 16.3 Å². The molecule has 1 saturated heterocycles. The highest BCUT2D eigenvalue weighted by atomic mass is 32.2. The van der Waals surface area contributed by atoms with Crippen molar-refractivity contribution in [3.05, 3.63) is 12.7 Å². The second-order valence-corrected chi connectivity index (χ2v) is 7.89. The van der Waals surface area contributed by atoms with Gasteiger partial charge < -0.3 is 31.3 Å². The van der Waals surface area contributed by atoms with Crippen molar-refractivity contribution < 1.29 is 19.7 Å². The molecular formula is C17H27N7O4S. The third-order valence-corrected chi connectivity index (χ3v) is 5.71. The molecule has 0 radical (unpaired) electrons. The number of nitrogens with two attached hydrogens (primary N) is 1. The number of urea groups is 1. The van der Waals surface area contributed by atoms with Crippen LogP contribution in [0.3, 0.4) is 0 Å². The molecule has 0 saturated carbocycles. The number of rotatable bonds is 9. The number of amides is 2. The van der Waals surface area contributed by atoms with Crippen LogP contribution in [0.5, 0.6) is 0 Å². The summed E-state index contributed by atoms with van der Waals surface area (Å²) in [5, 5.41) is 26.3. The second kappa shape index (κ2) is 10.1. The van der Waals surface area contributed by atoms with Crippen LogP contribution in [0.1, 0.15) is 26.0 Å². The van der Waals surface area contributed by atoms with Crippen LogP contribution in [0.4, 0.5) is 10.6 Å². The summed E-state index contributed by atoms with van der Waals surface area (Å²) >= 11 is 1.59. The molecule has 1 aliphatic rings. The van der Waals surface area contributed by atoms with Gasteiger partial charge in [0.15, 0.2) is 17.7 Å². The third kappa shape index (κ3) is 5.07. The van der Waals surface area contributed by atoms with Crippen molar-refractivity contribution in [2.75, 3.05) is 30.3 Å². The lowest BCUT2D eigenvalue weighted by atomic mass is 10.1. The molecular weight excluding hydrogens is 398 g/mol. The SMILES string of the molecule is CCCNC(=O)NCCCSC[C@H]1O[C@@H](n2cnc3c(N)ncnc32)[C@H](O)[C@@H]1O. The minimum Gasteiger partial charge on any atom is -0.387 e. The Morgan fingerprint density at radius 2 is 2.07 bits per heavy atom. The summed E-state index contributed by atoms with van der Waals surface area (Å²) in [4.78, 5) is 23.7. The van der Waals surface area contributed by atoms with Gasteiger partial charge in [0, 0.05) is 18.8 Å². The molecule has 3 rings (SSSR count). The topological polar surface area (TPSA) is 160 Å². The van der Waals surface area contributed by atoms with Crippen LogP contribution in [0.15, 0.2) is 12.7 Å². The molecule has 6 N–H and O–H groups in total. The summed E-state index contributed by atoms with van der Waals surface area (Å²) in [5.74, 6) is 1.55.